The molecule has 0 spiro atoms. The van der Waals surface area contributed by atoms with Gasteiger partial charge in [-0.05, 0) is 55.4 Å². The van der Waals surface area contributed by atoms with Gasteiger partial charge in [-0.1, -0.05) is 92.7 Å². The predicted molar refractivity (Wildman–Crippen MR) is 249 cm³/mol. The number of benzene rings is 3. The Morgan fingerprint density at radius 2 is 1.44 bits per heavy atom. The number of aromatic nitrogens is 2. The zero-order valence-electron chi connectivity index (χ0n) is 36.5. The number of nitrogens with one attached hydrogen (secondary N) is 3. The van der Waals surface area contributed by atoms with E-state index in [-0.39, 0.29) is 35.5 Å². The molecule has 1 fully saturated rings. The second-order valence-electron chi connectivity index (χ2n) is 15.8. The fraction of sp³-hybridized carbons (Fsp3) is 0.413. The van der Waals surface area contributed by atoms with Crippen molar-refractivity contribution in [1.82, 2.24) is 35.7 Å². The molecular formula is C46H59N7O8S3. The van der Waals surface area contributed by atoms with Gasteiger partial charge in [0.1, 0.15) is 12.6 Å². The van der Waals surface area contributed by atoms with Gasteiger partial charge in [0.05, 0.1) is 45.7 Å². The lowest BCUT2D eigenvalue weighted by Crippen LogP contribution is -2.54. The number of hydrogen-bond acceptors (Lipinski definition) is 12. The molecule has 5 aromatic rings. The van der Waals surface area contributed by atoms with Crippen molar-refractivity contribution in [2.24, 2.45) is 0 Å². The summed E-state index contributed by atoms with van der Waals surface area (Å²) in [6.45, 7) is 8.19. The molecule has 344 valence electrons. The summed E-state index contributed by atoms with van der Waals surface area (Å²) in [5, 5.41) is 12.4. The topological polar surface area (TPSA) is 192 Å². The Labute approximate surface area is 384 Å². The van der Waals surface area contributed by atoms with E-state index in [1.165, 1.54) is 23.5 Å². The summed E-state index contributed by atoms with van der Waals surface area (Å²) in [5.41, 5.74) is 4.70. The first-order valence-electron chi connectivity index (χ1n) is 21.3. The highest BCUT2D eigenvalue weighted by Crippen LogP contribution is 2.20. The van der Waals surface area contributed by atoms with Gasteiger partial charge in [-0.15, -0.1) is 22.7 Å². The van der Waals surface area contributed by atoms with Crippen LogP contribution < -0.4 is 16.0 Å². The van der Waals surface area contributed by atoms with E-state index < -0.39 is 22.3 Å². The van der Waals surface area contributed by atoms with Crippen molar-refractivity contribution >= 4 is 50.8 Å². The molecular weight excluding hydrogens is 875 g/mol. The molecule has 6 rings (SSSR count). The molecule has 15 nitrogen and oxygen atoms in total. The Morgan fingerprint density at radius 1 is 0.844 bits per heavy atom. The molecule has 4 N–H and O–H groups in total. The van der Waals surface area contributed by atoms with E-state index in [2.05, 4.69) is 44.7 Å². The summed E-state index contributed by atoms with van der Waals surface area (Å²) >= 11 is 3.02. The molecule has 4 amide bonds. The number of rotatable bonds is 20. The molecule has 64 heavy (non-hydrogen) atoms. The maximum absolute atomic E-state index is 14.2. The fourth-order valence-electron chi connectivity index (χ4n) is 6.84. The summed E-state index contributed by atoms with van der Waals surface area (Å²) in [6.07, 6.45) is 4.00. The van der Waals surface area contributed by atoms with Crippen LogP contribution in [0.5, 0.6) is 0 Å². The first kappa shape index (κ1) is 49.8. The monoisotopic (exact) mass is 933 g/mol. The second kappa shape index (κ2) is 25.9. The SMILES string of the molecule is CC(C)c1nc(CN(C)C(=O)NC(CCN2CCOCC2)C(=O)NC(CCC(Cc2ccccc2)NC(=O)OCc2cncs2)Cc2ccccc2)cs1.O=S(=O)(O)c1ccccc1. The number of amides is 4. The van der Waals surface area contributed by atoms with Crippen molar-refractivity contribution in [2.45, 2.75) is 88.0 Å². The molecule has 18 heteroatoms. The molecule has 3 heterocycles. The Morgan fingerprint density at radius 3 is 1.97 bits per heavy atom. The first-order chi connectivity index (χ1) is 30.8. The number of alkyl carbamates (subject to hydrolysis) is 1. The van der Waals surface area contributed by atoms with Gasteiger partial charge in [0.15, 0.2) is 0 Å². The third-order valence-corrected chi connectivity index (χ3v) is 13.1. The van der Waals surface area contributed by atoms with Gasteiger partial charge in [0.25, 0.3) is 10.1 Å². The largest absolute Gasteiger partial charge is 0.444 e. The number of hydrogen-bond donors (Lipinski definition) is 4. The molecule has 1 aliphatic heterocycles. The van der Waals surface area contributed by atoms with E-state index in [1.54, 1.807) is 53.2 Å². The van der Waals surface area contributed by atoms with Crippen LogP contribution in [0.15, 0.2) is 113 Å². The van der Waals surface area contributed by atoms with Gasteiger partial charge >= 0.3 is 12.1 Å². The highest BCUT2D eigenvalue weighted by atomic mass is 32.2. The highest BCUT2D eigenvalue weighted by molar-refractivity contribution is 7.85. The summed E-state index contributed by atoms with van der Waals surface area (Å²) in [7, 11) is -2.28. The van der Waals surface area contributed by atoms with Gasteiger partial charge < -0.3 is 30.3 Å². The third-order valence-electron chi connectivity index (χ3n) is 10.3. The summed E-state index contributed by atoms with van der Waals surface area (Å²) in [4.78, 5) is 54.1. The molecule has 3 unspecified atom stereocenters. The van der Waals surface area contributed by atoms with Crippen LogP contribution in [0, 0.1) is 0 Å². The van der Waals surface area contributed by atoms with Crippen LogP contribution in [0.1, 0.15) is 65.7 Å². The van der Waals surface area contributed by atoms with Crippen molar-refractivity contribution < 1.29 is 36.8 Å². The highest BCUT2D eigenvalue weighted by Gasteiger charge is 2.27. The van der Waals surface area contributed by atoms with Crippen LogP contribution in [0.2, 0.25) is 0 Å². The van der Waals surface area contributed by atoms with E-state index in [1.807, 2.05) is 66.0 Å². The standard InChI is InChI=1S/C40H53N7O5S2.C6H6O3S/c1-29(2)38-43-34(27-53-38)25-46(3)39(49)45-36(16-17-47-18-20-51-21-19-47)37(48)42-32(22-30-10-6-4-7-11-30)14-15-33(23-31-12-8-5-9-13-31)44-40(50)52-26-35-24-41-28-54-35;7-10(8,9)6-4-2-1-3-5-6/h4-13,24,27-29,32-33,36H,14-23,25-26H2,1-3H3,(H,42,48)(H,44,50)(H,45,49);1-5H,(H,7,8,9). The Kier molecular flexibility index (Phi) is 20.1. The van der Waals surface area contributed by atoms with Crippen LogP contribution in [-0.4, -0.2) is 109 Å². The molecule has 3 aromatic carbocycles. The molecule has 0 aliphatic carbocycles. The van der Waals surface area contributed by atoms with Crippen LogP contribution in [0.3, 0.4) is 0 Å². The molecule has 3 atom stereocenters. The normalized spacial score (nSPS) is 14.3. The van der Waals surface area contributed by atoms with Crippen LogP contribution in [0.4, 0.5) is 9.59 Å². The zero-order valence-corrected chi connectivity index (χ0v) is 39.0. The van der Waals surface area contributed by atoms with Gasteiger partial charge in [-0.3, -0.25) is 19.2 Å². The van der Waals surface area contributed by atoms with Crippen LogP contribution in [-0.2, 0) is 50.4 Å². The van der Waals surface area contributed by atoms with Crippen molar-refractivity contribution in [3.05, 3.63) is 135 Å². The summed E-state index contributed by atoms with van der Waals surface area (Å²) in [6, 6.07) is 25.9. The third kappa shape index (κ3) is 17.7. The van der Waals surface area contributed by atoms with E-state index in [0.29, 0.717) is 64.3 Å². The predicted octanol–water partition coefficient (Wildman–Crippen LogP) is 6.93. The number of carbonyl (C=O) groups is 3. The Balaban J connectivity index is 0.000000678. The second-order valence-corrected chi connectivity index (χ2v) is 19.1. The average molecular weight is 934 g/mol. The Bertz CT molecular complexity index is 2240. The summed E-state index contributed by atoms with van der Waals surface area (Å²) in [5.74, 6) is 0.0746. The molecule has 0 bridgehead atoms. The van der Waals surface area contributed by atoms with E-state index >= 15 is 0 Å². The maximum Gasteiger partial charge on any atom is 0.407 e. The number of nitrogens with zero attached hydrogens (tertiary/aromatic N) is 4. The van der Waals surface area contributed by atoms with Gasteiger partial charge in [0.2, 0.25) is 5.91 Å². The minimum Gasteiger partial charge on any atom is -0.444 e. The van der Waals surface area contributed by atoms with E-state index in [0.717, 1.165) is 39.8 Å². The zero-order chi connectivity index (χ0) is 45.7. The van der Waals surface area contributed by atoms with E-state index in [9.17, 15) is 22.8 Å². The fourth-order valence-corrected chi connectivity index (χ4v) is 8.68. The number of carbonyl (C=O) groups excluding carboxylic acids is 3. The van der Waals surface area contributed by atoms with Crippen molar-refractivity contribution in [3.8, 4) is 0 Å². The number of ether oxygens (including phenoxy) is 2. The Hall–Kier alpha value is -5.24. The quantitative estimate of drug-likeness (QED) is 0.0592. The lowest BCUT2D eigenvalue weighted by Gasteiger charge is -2.30. The molecule has 1 aliphatic rings. The minimum absolute atomic E-state index is 0.0741. The van der Waals surface area contributed by atoms with Crippen LogP contribution in [0.25, 0.3) is 0 Å². The van der Waals surface area contributed by atoms with Gasteiger partial charge in [0, 0.05) is 56.3 Å². The number of urea groups is 1. The lowest BCUT2D eigenvalue weighted by atomic mass is 9.95. The number of thiazole rings is 2. The van der Waals surface area contributed by atoms with E-state index in [4.69, 9.17) is 14.0 Å². The average Bonchev–Trinajstić information content (AvgIpc) is 4.01. The number of morpholine rings is 1. The smallest absolute Gasteiger partial charge is 0.407 e. The van der Waals surface area contributed by atoms with Gasteiger partial charge in [-0.2, -0.15) is 8.42 Å². The lowest BCUT2D eigenvalue weighted by molar-refractivity contribution is -0.124. The van der Waals surface area contributed by atoms with Gasteiger partial charge in [-0.25, -0.2) is 14.6 Å². The maximum atomic E-state index is 14.2. The van der Waals surface area contributed by atoms with Crippen molar-refractivity contribution in [3.63, 3.8) is 0 Å². The van der Waals surface area contributed by atoms with Crippen molar-refractivity contribution in [2.75, 3.05) is 39.9 Å². The molecule has 0 saturated carbocycles. The molecule has 0 radical (unpaired) electrons. The minimum atomic E-state index is -4.00. The van der Waals surface area contributed by atoms with Crippen molar-refractivity contribution in [1.29, 1.82) is 0 Å². The molecule has 1 saturated heterocycles. The summed E-state index contributed by atoms with van der Waals surface area (Å²) < 4.78 is 40.3. The van der Waals surface area contributed by atoms with Crippen LogP contribution >= 0.6 is 22.7 Å². The first-order valence-corrected chi connectivity index (χ1v) is 24.5. The molecule has 2 aromatic heterocycles.